The molecule has 0 bridgehead atoms. The molecule has 0 saturated carbocycles. The lowest BCUT2D eigenvalue weighted by Crippen LogP contribution is -2.19. The van der Waals surface area contributed by atoms with Crippen molar-refractivity contribution >= 4 is 27.5 Å². The summed E-state index contributed by atoms with van der Waals surface area (Å²) in [5.41, 5.74) is 4.73. The van der Waals surface area contributed by atoms with Crippen molar-refractivity contribution < 1.29 is 4.79 Å². The molecule has 0 aliphatic heterocycles. The van der Waals surface area contributed by atoms with E-state index in [1.165, 1.54) is 0 Å². The van der Waals surface area contributed by atoms with E-state index in [4.69, 9.17) is 0 Å². The smallest absolute Gasteiger partial charge is 0.267 e. The lowest BCUT2D eigenvalue weighted by molar-refractivity contribution is 0.0954. The Labute approximate surface area is 119 Å². The third-order valence-electron chi connectivity index (χ3n) is 2.54. The van der Waals surface area contributed by atoms with E-state index in [1.54, 1.807) is 24.5 Å². The summed E-state index contributed by atoms with van der Waals surface area (Å²) in [5.74, 6) is -0.249. The number of benzene rings is 1. The summed E-state index contributed by atoms with van der Waals surface area (Å²) in [4.78, 5) is 15.9. The molecule has 4 nitrogen and oxygen atoms in total. The largest absolute Gasteiger partial charge is 0.272 e. The fraction of sp³-hybridized carbons (Fsp3) is 0.0714. The zero-order chi connectivity index (χ0) is 13.7. The predicted octanol–water partition coefficient (Wildman–Crippen LogP) is 3.00. The number of hydrazone groups is 1. The summed E-state index contributed by atoms with van der Waals surface area (Å²) >= 11 is 3.33. The number of carbonyl (C=O) groups excluding carboxylic acids is 1. The number of hydrogen-bond donors (Lipinski definition) is 1. The van der Waals surface area contributed by atoms with Crippen molar-refractivity contribution in [3.8, 4) is 0 Å². The topological polar surface area (TPSA) is 54.4 Å². The van der Waals surface area contributed by atoms with Gasteiger partial charge in [0.1, 0.15) is 0 Å². The van der Waals surface area contributed by atoms with Crippen LogP contribution in [0, 0.1) is 0 Å². The van der Waals surface area contributed by atoms with E-state index >= 15 is 0 Å². The second-order valence-electron chi connectivity index (χ2n) is 3.85. The van der Waals surface area contributed by atoms with Gasteiger partial charge in [0.25, 0.3) is 5.91 Å². The summed E-state index contributed by atoms with van der Waals surface area (Å²) in [5, 5.41) is 4.08. The van der Waals surface area contributed by atoms with Crippen molar-refractivity contribution in [2.24, 2.45) is 5.10 Å². The zero-order valence-electron chi connectivity index (χ0n) is 10.3. The zero-order valence-corrected chi connectivity index (χ0v) is 11.9. The Morgan fingerprint density at radius 2 is 1.89 bits per heavy atom. The number of halogens is 1. The van der Waals surface area contributed by atoms with Crippen LogP contribution in [0.3, 0.4) is 0 Å². The Kier molecular flexibility index (Phi) is 4.41. The van der Waals surface area contributed by atoms with Crippen LogP contribution in [-0.4, -0.2) is 16.6 Å². The van der Waals surface area contributed by atoms with Crippen molar-refractivity contribution in [2.45, 2.75) is 6.92 Å². The third kappa shape index (κ3) is 3.48. The maximum absolute atomic E-state index is 11.9. The summed E-state index contributed by atoms with van der Waals surface area (Å²) in [6.45, 7) is 1.83. The van der Waals surface area contributed by atoms with Gasteiger partial charge in [0.05, 0.1) is 11.3 Å². The highest BCUT2D eigenvalue weighted by Crippen LogP contribution is 2.15. The monoisotopic (exact) mass is 317 g/mol. The summed E-state index contributed by atoms with van der Waals surface area (Å²) in [6, 6.07) is 10.9. The average Bonchev–Trinajstić information content (AvgIpc) is 2.46. The number of hydrogen-bond acceptors (Lipinski definition) is 3. The van der Waals surface area contributed by atoms with Gasteiger partial charge in [0, 0.05) is 22.4 Å². The summed E-state index contributed by atoms with van der Waals surface area (Å²) < 4.78 is 0.740. The molecular formula is C14H12BrN3O. The van der Waals surface area contributed by atoms with Gasteiger partial charge in [-0.05, 0) is 47.1 Å². The Balaban J connectivity index is 2.11. The Morgan fingerprint density at radius 3 is 2.58 bits per heavy atom. The predicted molar refractivity (Wildman–Crippen MR) is 78.1 cm³/mol. The molecule has 19 heavy (non-hydrogen) atoms. The molecule has 2 aromatic rings. The van der Waals surface area contributed by atoms with Crippen LogP contribution >= 0.6 is 15.9 Å². The van der Waals surface area contributed by atoms with E-state index in [1.807, 2.05) is 31.2 Å². The van der Waals surface area contributed by atoms with Crippen molar-refractivity contribution in [2.75, 3.05) is 0 Å². The van der Waals surface area contributed by atoms with Gasteiger partial charge in [-0.1, -0.05) is 12.1 Å². The molecule has 0 spiro atoms. The second-order valence-corrected chi connectivity index (χ2v) is 4.71. The van der Waals surface area contributed by atoms with Gasteiger partial charge in [-0.3, -0.25) is 9.78 Å². The van der Waals surface area contributed by atoms with Crippen molar-refractivity contribution in [1.82, 2.24) is 10.4 Å². The molecular weight excluding hydrogens is 306 g/mol. The molecule has 96 valence electrons. The Hall–Kier alpha value is -2.01. The number of nitrogens with zero attached hydrogens (tertiary/aromatic N) is 2. The number of aromatic nitrogens is 1. The molecule has 1 N–H and O–H groups in total. The first-order valence-corrected chi connectivity index (χ1v) is 6.47. The van der Waals surface area contributed by atoms with Gasteiger partial charge >= 0.3 is 0 Å². The quantitative estimate of drug-likeness (QED) is 0.699. The normalized spacial score (nSPS) is 11.2. The minimum atomic E-state index is -0.249. The maximum Gasteiger partial charge on any atom is 0.272 e. The maximum atomic E-state index is 11.9. The van der Waals surface area contributed by atoms with Gasteiger partial charge in [-0.25, -0.2) is 5.43 Å². The van der Waals surface area contributed by atoms with Crippen LogP contribution in [0.15, 0.2) is 58.4 Å². The van der Waals surface area contributed by atoms with Gasteiger partial charge in [-0.15, -0.1) is 0 Å². The highest BCUT2D eigenvalue weighted by Gasteiger charge is 2.08. The minimum absolute atomic E-state index is 0.249. The second kappa shape index (κ2) is 6.24. The lowest BCUT2D eigenvalue weighted by atomic mass is 10.2. The van der Waals surface area contributed by atoms with E-state index in [-0.39, 0.29) is 5.91 Å². The van der Waals surface area contributed by atoms with E-state index in [0.717, 1.165) is 15.7 Å². The first-order valence-electron chi connectivity index (χ1n) is 5.68. The van der Waals surface area contributed by atoms with Crippen LogP contribution in [0.4, 0.5) is 0 Å². The van der Waals surface area contributed by atoms with E-state index < -0.39 is 0 Å². The highest BCUT2D eigenvalue weighted by molar-refractivity contribution is 9.10. The van der Waals surface area contributed by atoms with Crippen molar-refractivity contribution in [3.05, 3.63) is 64.4 Å². The summed E-state index contributed by atoms with van der Waals surface area (Å²) in [7, 11) is 0. The fourth-order valence-corrected chi connectivity index (χ4v) is 1.96. The minimum Gasteiger partial charge on any atom is -0.267 e. The molecule has 0 atom stereocenters. The van der Waals surface area contributed by atoms with Crippen LogP contribution in [0.25, 0.3) is 0 Å². The number of amides is 1. The lowest BCUT2D eigenvalue weighted by Gasteiger charge is -2.04. The third-order valence-corrected chi connectivity index (χ3v) is 3.23. The number of rotatable bonds is 3. The van der Waals surface area contributed by atoms with E-state index in [0.29, 0.717) is 5.56 Å². The van der Waals surface area contributed by atoms with Crippen molar-refractivity contribution in [3.63, 3.8) is 0 Å². The first kappa shape index (κ1) is 13.4. The summed E-state index contributed by atoms with van der Waals surface area (Å²) in [6.07, 6.45) is 3.37. The van der Waals surface area contributed by atoms with Crippen LogP contribution in [0.1, 0.15) is 22.8 Å². The van der Waals surface area contributed by atoms with Crippen LogP contribution in [0.5, 0.6) is 0 Å². The number of pyridine rings is 1. The molecule has 0 unspecified atom stereocenters. The molecule has 0 fully saturated rings. The first-order chi connectivity index (χ1) is 9.18. The van der Waals surface area contributed by atoms with E-state index in [2.05, 4.69) is 31.4 Å². The highest BCUT2D eigenvalue weighted by atomic mass is 79.9. The molecule has 0 aliphatic rings. The Morgan fingerprint density at radius 1 is 1.21 bits per heavy atom. The van der Waals surface area contributed by atoms with Gasteiger partial charge in [-0.2, -0.15) is 5.10 Å². The molecule has 2 rings (SSSR count). The number of carbonyl (C=O) groups is 1. The van der Waals surface area contributed by atoms with Crippen molar-refractivity contribution in [1.29, 1.82) is 0 Å². The standard InChI is InChI=1S/C14H12BrN3O/c1-10(11-6-8-16-9-7-11)17-18-14(19)12-4-2-3-5-13(12)15/h2-9H,1H3,(H,18,19)/b17-10+. The van der Waals surface area contributed by atoms with Gasteiger partial charge < -0.3 is 0 Å². The molecule has 1 aromatic heterocycles. The van der Waals surface area contributed by atoms with Crippen LogP contribution < -0.4 is 5.43 Å². The van der Waals surface area contributed by atoms with E-state index in [9.17, 15) is 4.79 Å². The molecule has 0 saturated heterocycles. The van der Waals surface area contributed by atoms with Crippen LogP contribution in [-0.2, 0) is 0 Å². The Bertz CT molecular complexity index is 611. The van der Waals surface area contributed by atoms with Gasteiger partial charge in [0.2, 0.25) is 0 Å². The molecule has 5 heteroatoms. The van der Waals surface area contributed by atoms with Crippen LogP contribution in [0.2, 0.25) is 0 Å². The molecule has 1 amide bonds. The fourth-order valence-electron chi connectivity index (χ4n) is 1.50. The molecule has 1 heterocycles. The SMILES string of the molecule is C/C(=N\NC(=O)c1ccccc1Br)c1ccncc1. The molecule has 1 aromatic carbocycles. The molecule has 0 aliphatic carbocycles. The number of nitrogens with one attached hydrogen (secondary N) is 1. The average molecular weight is 318 g/mol. The molecule has 0 radical (unpaired) electrons. The van der Waals surface area contributed by atoms with Gasteiger partial charge in [0.15, 0.2) is 0 Å².